The molecule has 1 aliphatic heterocycles. The number of rotatable bonds is 2. The molecule has 5 nitrogen and oxygen atoms in total. The van der Waals surface area contributed by atoms with Crippen LogP contribution in [0.15, 0.2) is 62.6 Å². The van der Waals surface area contributed by atoms with Crippen LogP contribution in [0.2, 0.25) is 0 Å². The lowest BCUT2D eigenvalue weighted by Crippen LogP contribution is -2.04. The van der Waals surface area contributed by atoms with Crippen molar-refractivity contribution >= 4 is 23.7 Å². The van der Waals surface area contributed by atoms with E-state index in [0.29, 0.717) is 5.56 Å². The van der Waals surface area contributed by atoms with Gasteiger partial charge in [0.2, 0.25) is 0 Å². The van der Waals surface area contributed by atoms with Gasteiger partial charge in [-0.1, -0.05) is 34.2 Å². The molecule has 1 heterocycles. The number of fused-ring (bicyclic) bond motifs is 2. The summed E-state index contributed by atoms with van der Waals surface area (Å²) < 4.78 is 5.80. The van der Waals surface area contributed by atoms with Crippen LogP contribution in [0.5, 0.6) is 11.5 Å². The first-order valence-corrected chi connectivity index (χ1v) is 6.62. The fourth-order valence-corrected chi connectivity index (χ4v) is 2.89. The van der Waals surface area contributed by atoms with Crippen molar-refractivity contribution in [2.45, 2.75) is 9.79 Å². The van der Waals surface area contributed by atoms with Crippen LogP contribution in [-0.4, -0.2) is 22.3 Å². The normalized spacial score (nSPS) is 13.7. The van der Waals surface area contributed by atoms with Crippen molar-refractivity contribution in [3.63, 3.8) is 0 Å². The highest BCUT2D eigenvalue weighted by molar-refractivity contribution is 7.99. The van der Waals surface area contributed by atoms with E-state index < -0.39 is 0 Å². The molecule has 0 fully saturated rings. The molecule has 2 aromatic rings. The zero-order valence-corrected chi connectivity index (χ0v) is 11.0. The number of hydrogen-bond acceptors (Lipinski definition) is 6. The Bertz CT molecular complexity index is 713. The van der Waals surface area contributed by atoms with E-state index in [0.717, 1.165) is 27.5 Å². The summed E-state index contributed by atoms with van der Waals surface area (Å²) in [5, 5.41) is 23.4. The molecule has 3 rings (SSSR count). The van der Waals surface area contributed by atoms with Gasteiger partial charge in [-0.3, -0.25) is 0 Å². The first kappa shape index (κ1) is 12.6. The summed E-state index contributed by atoms with van der Waals surface area (Å²) in [5.41, 5.74) is 0.814. The smallest absolute Gasteiger partial charge is 0.141 e. The fraction of sp³-hybridized carbons (Fsp3) is 0. The predicted molar refractivity (Wildman–Crippen MR) is 75.7 cm³/mol. The molecule has 6 heteroatoms. The fourth-order valence-electron chi connectivity index (χ4n) is 1.90. The van der Waals surface area contributed by atoms with Crippen molar-refractivity contribution in [3.8, 4) is 11.5 Å². The molecule has 0 amide bonds. The maximum atomic E-state index is 8.92. The van der Waals surface area contributed by atoms with Gasteiger partial charge in [0.1, 0.15) is 17.2 Å². The Morgan fingerprint density at radius 1 is 1.05 bits per heavy atom. The Morgan fingerprint density at radius 2 is 1.85 bits per heavy atom. The molecule has 1 aliphatic rings. The molecule has 2 aromatic carbocycles. The molecule has 100 valence electrons. The van der Waals surface area contributed by atoms with Gasteiger partial charge in [-0.05, 0) is 30.3 Å². The standard InChI is InChI=1S/C14H10N2O3S/c17-15-8-10(16-18)9-5-6-12-14(7-9)20-13-4-2-1-3-11(13)19-12/h1-8,17-18H/b15-8+,16-10+. The second-order valence-electron chi connectivity index (χ2n) is 4.04. The van der Waals surface area contributed by atoms with Gasteiger partial charge >= 0.3 is 0 Å². The number of oxime groups is 2. The molecule has 0 radical (unpaired) electrons. The Hall–Kier alpha value is -2.47. The van der Waals surface area contributed by atoms with E-state index in [1.54, 1.807) is 23.9 Å². The average Bonchev–Trinajstić information content (AvgIpc) is 2.50. The third kappa shape index (κ3) is 2.21. The van der Waals surface area contributed by atoms with Crippen LogP contribution >= 0.6 is 11.8 Å². The Kier molecular flexibility index (Phi) is 3.30. The van der Waals surface area contributed by atoms with E-state index in [9.17, 15) is 0 Å². The van der Waals surface area contributed by atoms with E-state index in [-0.39, 0.29) is 5.71 Å². The summed E-state index contributed by atoms with van der Waals surface area (Å²) in [6, 6.07) is 13.1. The lowest BCUT2D eigenvalue weighted by atomic mass is 10.1. The van der Waals surface area contributed by atoms with Gasteiger partial charge in [0, 0.05) is 5.56 Å². The van der Waals surface area contributed by atoms with E-state index in [4.69, 9.17) is 15.2 Å². The lowest BCUT2D eigenvalue weighted by Gasteiger charge is -2.19. The Morgan fingerprint density at radius 3 is 2.65 bits per heavy atom. The van der Waals surface area contributed by atoms with E-state index in [2.05, 4.69) is 10.3 Å². The molecule has 20 heavy (non-hydrogen) atoms. The molecule has 0 saturated heterocycles. The van der Waals surface area contributed by atoms with Crippen molar-refractivity contribution in [1.29, 1.82) is 0 Å². The van der Waals surface area contributed by atoms with Crippen LogP contribution in [0.4, 0.5) is 0 Å². The van der Waals surface area contributed by atoms with Gasteiger partial charge in [0.05, 0.1) is 16.0 Å². The van der Waals surface area contributed by atoms with Crippen molar-refractivity contribution in [3.05, 3.63) is 48.0 Å². The third-order valence-corrected chi connectivity index (χ3v) is 3.91. The number of benzene rings is 2. The molecule has 0 atom stereocenters. The molecular formula is C14H10N2O3S. The van der Waals surface area contributed by atoms with Gasteiger partial charge in [0.25, 0.3) is 0 Å². The SMILES string of the molecule is O/N=C(\C=N\O)c1ccc2c(c1)Sc1ccccc1O2. The summed E-state index contributed by atoms with van der Waals surface area (Å²) in [5.74, 6) is 1.57. The van der Waals surface area contributed by atoms with Crippen LogP contribution in [0.25, 0.3) is 0 Å². The average molecular weight is 286 g/mol. The van der Waals surface area contributed by atoms with Crippen LogP contribution < -0.4 is 4.74 Å². The quantitative estimate of drug-likeness (QED) is 0.429. The minimum Gasteiger partial charge on any atom is -0.455 e. The summed E-state index contributed by atoms with van der Waals surface area (Å²) >= 11 is 1.57. The number of para-hydroxylation sites is 1. The second kappa shape index (κ2) is 5.26. The number of nitrogens with zero attached hydrogens (tertiary/aromatic N) is 2. The van der Waals surface area contributed by atoms with E-state index in [1.165, 1.54) is 0 Å². The number of hydrogen-bond donors (Lipinski definition) is 2. The first-order valence-electron chi connectivity index (χ1n) is 5.80. The Labute approximate surface area is 119 Å². The maximum absolute atomic E-state index is 8.92. The van der Waals surface area contributed by atoms with Crippen LogP contribution in [0, 0.1) is 0 Å². The van der Waals surface area contributed by atoms with Crippen molar-refractivity contribution in [2.75, 3.05) is 0 Å². The molecule has 0 unspecified atom stereocenters. The zero-order valence-electron chi connectivity index (χ0n) is 10.2. The summed E-state index contributed by atoms with van der Waals surface area (Å²) in [7, 11) is 0. The highest BCUT2D eigenvalue weighted by Gasteiger charge is 2.18. The molecule has 0 spiro atoms. The topological polar surface area (TPSA) is 74.4 Å². The lowest BCUT2D eigenvalue weighted by molar-refractivity contribution is 0.316. The largest absolute Gasteiger partial charge is 0.455 e. The first-order chi connectivity index (χ1) is 9.81. The summed E-state index contributed by atoms with van der Waals surface area (Å²) in [4.78, 5) is 1.93. The van der Waals surface area contributed by atoms with Crippen molar-refractivity contribution in [1.82, 2.24) is 0 Å². The van der Waals surface area contributed by atoms with Gasteiger partial charge in [-0.15, -0.1) is 0 Å². The van der Waals surface area contributed by atoms with Crippen molar-refractivity contribution in [2.24, 2.45) is 10.3 Å². The van der Waals surface area contributed by atoms with Crippen molar-refractivity contribution < 1.29 is 15.2 Å². The summed E-state index contributed by atoms with van der Waals surface area (Å²) in [6.07, 6.45) is 1.07. The summed E-state index contributed by atoms with van der Waals surface area (Å²) in [6.45, 7) is 0. The highest BCUT2D eigenvalue weighted by Crippen LogP contribution is 2.46. The highest BCUT2D eigenvalue weighted by atomic mass is 32.2. The minimum atomic E-state index is 0.176. The zero-order chi connectivity index (χ0) is 13.9. The second-order valence-corrected chi connectivity index (χ2v) is 5.13. The monoisotopic (exact) mass is 286 g/mol. The van der Waals surface area contributed by atoms with E-state index >= 15 is 0 Å². The number of ether oxygens (including phenoxy) is 1. The van der Waals surface area contributed by atoms with Gasteiger partial charge in [-0.2, -0.15) is 0 Å². The third-order valence-electron chi connectivity index (χ3n) is 2.82. The molecule has 0 saturated carbocycles. The molecule has 2 N–H and O–H groups in total. The van der Waals surface area contributed by atoms with Gasteiger partial charge in [-0.25, -0.2) is 0 Å². The molecule has 0 bridgehead atoms. The van der Waals surface area contributed by atoms with Crippen LogP contribution in [0.3, 0.4) is 0 Å². The van der Waals surface area contributed by atoms with Gasteiger partial charge in [0.15, 0.2) is 0 Å². The minimum absolute atomic E-state index is 0.176. The Balaban J connectivity index is 2.00. The molecular weight excluding hydrogens is 276 g/mol. The van der Waals surface area contributed by atoms with Gasteiger partial charge < -0.3 is 15.2 Å². The van der Waals surface area contributed by atoms with Crippen LogP contribution in [-0.2, 0) is 0 Å². The molecule has 0 aliphatic carbocycles. The maximum Gasteiger partial charge on any atom is 0.141 e. The predicted octanol–water partition coefficient (Wildman–Crippen LogP) is 3.58. The van der Waals surface area contributed by atoms with E-state index in [1.807, 2.05) is 30.3 Å². The van der Waals surface area contributed by atoms with Crippen LogP contribution in [0.1, 0.15) is 5.56 Å². The molecule has 0 aromatic heterocycles.